The first-order valence-corrected chi connectivity index (χ1v) is 15.8. The zero-order valence-electron chi connectivity index (χ0n) is 23.5. The van der Waals surface area contributed by atoms with Gasteiger partial charge in [-0.2, -0.15) is 0 Å². The molecule has 0 spiro atoms. The van der Waals surface area contributed by atoms with Gasteiger partial charge in [0.1, 0.15) is 22.8 Å². The van der Waals surface area contributed by atoms with Crippen molar-refractivity contribution in [2.75, 3.05) is 18.0 Å². The lowest BCUT2D eigenvalue weighted by molar-refractivity contribution is -0.150. The number of β-lactam (4-membered cyclic amide) rings is 1. The average molecular weight is 646 g/mol. The third kappa shape index (κ3) is 5.67. The molecule has 1 unspecified atom stereocenters. The molecular weight excluding hydrogens is 619 g/mol. The Kier molecular flexibility index (Phi) is 8.36. The Morgan fingerprint density at radius 3 is 2.56 bits per heavy atom. The number of allylic oxidation sites excluding steroid dienone is 1. The van der Waals surface area contributed by atoms with Crippen molar-refractivity contribution in [1.82, 2.24) is 25.5 Å². The molecule has 45 heavy (non-hydrogen) atoms. The van der Waals surface area contributed by atoms with Gasteiger partial charge < -0.3 is 26.7 Å². The van der Waals surface area contributed by atoms with Crippen LogP contribution in [0.3, 0.4) is 0 Å². The highest BCUT2D eigenvalue weighted by Gasteiger charge is 2.55. The maximum Gasteiger partial charge on any atom is 0.352 e. The molecule has 0 bridgehead atoms. The van der Waals surface area contributed by atoms with E-state index in [1.54, 1.807) is 12.4 Å². The van der Waals surface area contributed by atoms with E-state index in [2.05, 4.69) is 25.8 Å². The molecule has 1 aromatic carbocycles. The van der Waals surface area contributed by atoms with Crippen molar-refractivity contribution in [2.24, 2.45) is 5.16 Å². The molecule has 6 N–H and O–H groups in total. The van der Waals surface area contributed by atoms with Gasteiger partial charge in [-0.25, -0.2) is 9.78 Å². The van der Waals surface area contributed by atoms with E-state index in [1.165, 1.54) is 17.1 Å². The number of oxime groups is 1. The number of fused-ring (bicyclic) bond motifs is 1. The van der Waals surface area contributed by atoms with Gasteiger partial charge in [-0.1, -0.05) is 35.5 Å². The van der Waals surface area contributed by atoms with E-state index in [0.29, 0.717) is 36.1 Å². The molecule has 3 aliphatic rings. The number of nitrogens with zero attached hydrogens (tertiary/aromatic N) is 4. The number of carbonyl (C=O) groups excluding carboxylic acids is 3. The number of nitrogens with two attached hydrogens (primary N) is 1. The first-order chi connectivity index (χ1) is 21.8. The van der Waals surface area contributed by atoms with Crippen LogP contribution in [0.2, 0.25) is 0 Å². The Labute approximate surface area is 264 Å². The van der Waals surface area contributed by atoms with Crippen LogP contribution >= 0.6 is 23.1 Å². The summed E-state index contributed by atoms with van der Waals surface area (Å²) >= 11 is 2.33. The van der Waals surface area contributed by atoms with Crippen molar-refractivity contribution >= 4 is 57.6 Å². The molecule has 230 valence electrons. The lowest BCUT2D eigenvalue weighted by Crippen LogP contribution is -2.71. The van der Waals surface area contributed by atoms with Crippen LogP contribution in [0, 0.1) is 0 Å². The highest BCUT2D eigenvalue weighted by molar-refractivity contribution is 8.00. The number of thioether (sulfide) groups is 1. The fourth-order valence-corrected chi connectivity index (χ4v) is 7.77. The van der Waals surface area contributed by atoms with E-state index < -0.39 is 40.8 Å². The Bertz CT molecular complexity index is 1770. The monoisotopic (exact) mass is 645 g/mol. The number of rotatable bonds is 9. The molecule has 3 aliphatic heterocycles. The van der Waals surface area contributed by atoms with E-state index in [4.69, 9.17) is 5.73 Å². The number of carboxylic acid groups (broad SMARTS) is 1. The number of hydrogen-bond acceptors (Lipinski definition) is 11. The zero-order valence-corrected chi connectivity index (χ0v) is 25.2. The summed E-state index contributed by atoms with van der Waals surface area (Å²) in [5, 5.41) is 29.3. The molecular formula is C30H27N7O6S2. The van der Waals surface area contributed by atoms with Crippen molar-refractivity contribution in [3.8, 4) is 0 Å². The number of amides is 3. The van der Waals surface area contributed by atoms with E-state index >= 15 is 0 Å². The molecule has 2 aromatic heterocycles. The third-order valence-corrected chi connectivity index (χ3v) is 9.82. The minimum Gasteiger partial charge on any atom is -0.477 e. The molecule has 2 saturated heterocycles. The summed E-state index contributed by atoms with van der Waals surface area (Å²) in [7, 11) is 0. The number of nitrogen functional groups attached to an aromatic ring is 1. The normalized spacial score (nSPS) is 21.5. The summed E-state index contributed by atoms with van der Waals surface area (Å²) in [6.07, 6.45) is 4.17. The predicted molar refractivity (Wildman–Crippen MR) is 166 cm³/mol. The van der Waals surface area contributed by atoms with E-state index in [1.807, 2.05) is 42.5 Å². The number of aromatic nitrogens is 2. The van der Waals surface area contributed by atoms with Crippen molar-refractivity contribution in [3.05, 3.63) is 99.5 Å². The number of pyridine rings is 1. The highest BCUT2D eigenvalue weighted by Crippen LogP contribution is 2.47. The van der Waals surface area contributed by atoms with Crippen LogP contribution in [-0.2, 0) is 25.6 Å². The van der Waals surface area contributed by atoms with Crippen LogP contribution in [0.15, 0.2) is 87.8 Å². The van der Waals surface area contributed by atoms with Gasteiger partial charge >= 0.3 is 5.97 Å². The molecule has 15 heteroatoms. The van der Waals surface area contributed by atoms with E-state index in [9.17, 15) is 29.5 Å². The van der Waals surface area contributed by atoms with E-state index in [0.717, 1.165) is 27.4 Å². The van der Waals surface area contributed by atoms with Gasteiger partial charge in [-0.05, 0) is 47.2 Å². The number of anilines is 1. The fraction of sp³-hybridized carbons (Fsp3) is 0.233. The van der Waals surface area contributed by atoms with Crippen molar-refractivity contribution in [3.63, 3.8) is 0 Å². The molecule has 2 fully saturated rings. The number of aliphatic carboxylic acids is 1. The molecule has 0 aliphatic carbocycles. The van der Waals surface area contributed by atoms with Crippen molar-refractivity contribution in [1.29, 1.82) is 0 Å². The number of carbonyl (C=O) groups is 4. The summed E-state index contributed by atoms with van der Waals surface area (Å²) in [6, 6.07) is 12.3. The van der Waals surface area contributed by atoms with Gasteiger partial charge in [0.2, 0.25) is 5.91 Å². The summed E-state index contributed by atoms with van der Waals surface area (Å²) in [4.78, 5) is 61.9. The quantitative estimate of drug-likeness (QED) is 0.0752. The van der Waals surface area contributed by atoms with Gasteiger partial charge in [0.05, 0.1) is 0 Å². The average Bonchev–Trinajstić information content (AvgIpc) is 3.67. The Morgan fingerprint density at radius 1 is 1.18 bits per heavy atom. The fourth-order valence-electron chi connectivity index (χ4n) is 5.86. The van der Waals surface area contributed by atoms with Gasteiger partial charge in [0, 0.05) is 41.6 Å². The van der Waals surface area contributed by atoms with Crippen molar-refractivity contribution < 1.29 is 29.5 Å². The highest BCUT2D eigenvalue weighted by atomic mass is 32.2. The molecule has 3 aromatic rings. The summed E-state index contributed by atoms with van der Waals surface area (Å²) in [5.41, 5.74) is 8.28. The summed E-state index contributed by atoms with van der Waals surface area (Å²) < 4.78 is 0. The van der Waals surface area contributed by atoms with Crippen molar-refractivity contribution in [2.45, 2.75) is 30.2 Å². The van der Waals surface area contributed by atoms with Crippen LogP contribution in [0.5, 0.6) is 0 Å². The van der Waals surface area contributed by atoms with Gasteiger partial charge in [-0.15, -0.1) is 23.1 Å². The lowest BCUT2D eigenvalue weighted by Gasteiger charge is -2.50. The van der Waals surface area contributed by atoms with E-state index in [-0.39, 0.29) is 28.2 Å². The lowest BCUT2D eigenvalue weighted by atomic mass is 9.79. The Morgan fingerprint density at radius 2 is 1.93 bits per heavy atom. The largest absolute Gasteiger partial charge is 0.477 e. The minimum atomic E-state index is -1.33. The van der Waals surface area contributed by atoms with Crippen LogP contribution < -0.4 is 16.4 Å². The zero-order chi connectivity index (χ0) is 31.7. The summed E-state index contributed by atoms with van der Waals surface area (Å²) in [5.74, 6) is -3.37. The molecule has 13 nitrogen and oxygen atoms in total. The SMILES string of the molecule is Nc1nc(C(=NO)C(=O)N[C@@H]2C(=O)N3C(C(=O)O)=C(C(=C4CCNC4=O)C(Cc4ccccc4)c4ccncc4)CS[C@H]23)cs1. The molecule has 5 heterocycles. The molecule has 3 atom stereocenters. The second-order valence-corrected chi connectivity index (χ2v) is 12.4. The van der Waals surface area contributed by atoms with Crippen LogP contribution in [0.4, 0.5) is 5.13 Å². The maximum absolute atomic E-state index is 13.5. The molecule has 0 radical (unpaired) electrons. The second-order valence-electron chi connectivity index (χ2n) is 10.4. The standard InChI is InChI=1S/C30H27N7O6S2/c31-30-34-20(14-45-30)22(36-43)26(39)35-23-27(40)37-24(29(41)42)19(13-44-28(23)37)21(17-8-11-33-25(17)38)18(16-6-9-32-10-7-16)12-15-4-2-1-3-5-15/h1-7,9-10,14,18,23,28,43H,8,11-13H2,(H2,31,34)(H,33,38)(H,35,39)(H,41,42)/t18?,23-,28-/m1/s1. The molecule has 0 saturated carbocycles. The van der Waals surface area contributed by atoms with Gasteiger partial charge in [-0.3, -0.25) is 24.3 Å². The number of hydrogen-bond donors (Lipinski definition) is 5. The van der Waals surface area contributed by atoms with Crippen LogP contribution in [0.25, 0.3) is 0 Å². The second kappa shape index (κ2) is 12.5. The maximum atomic E-state index is 13.5. The van der Waals surface area contributed by atoms with Gasteiger partial charge in [0.25, 0.3) is 11.8 Å². The predicted octanol–water partition coefficient (Wildman–Crippen LogP) is 1.88. The Hall–Kier alpha value is -5.02. The van der Waals surface area contributed by atoms with Gasteiger partial charge in [0.15, 0.2) is 10.8 Å². The van der Waals surface area contributed by atoms with Crippen LogP contribution in [0.1, 0.15) is 29.2 Å². The Balaban J connectivity index is 1.39. The molecule has 6 rings (SSSR count). The van der Waals surface area contributed by atoms with Crippen LogP contribution in [-0.4, -0.2) is 78.3 Å². The first kappa shape index (κ1) is 30.0. The first-order valence-electron chi connectivity index (χ1n) is 13.9. The number of carboxylic acids is 1. The summed E-state index contributed by atoms with van der Waals surface area (Å²) in [6.45, 7) is 0.410. The topological polar surface area (TPSA) is 200 Å². The minimum absolute atomic E-state index is 0.0394. The number of benzene rings is 1. The molecule has 3 amide bonds. The number of nitrogens with one attached hydrogen (secondary N) is 2. The third-order valence-electron chi connectivity index (χ3n) is 7.86. The number of thiazole rings is 1. The smallest absolute Gasteiger partial charge is 0.352 e.